The predicted molar refractivity (Wildman–Crippen MR) is 297 cm³/mol. The highest BCUT2D eigenvalue weighted by molar-refractivity contribution is 7.52. The van der Waals surface area contributed by atoms with E-state index in [-0.39, 0.29) is 86.0 Å². The van der Waals surface area contributed by atoms with Gasteiger partial charge in [-0.2, -0.15) is 8.78 Å². The number of primary amides is 1. The maximum atomic E-state index is 14.7. The third kappa shape index (κ3) is 13.1. The molecule has 0 radical (unpaired) electrons. The molecule has 10 amide bonds. The first-order chi connectivity index (χ1) is 40.0. The molecule has 5 aliphatic heterocycles. The van der Waals surface area contributed by atoms with Crippen LogP contribution in [0.3, 0.4) is 0 Å². The van der Waals surface area contributed by atoms with Gasteiger partial charge in [-0.25, -0.2) is 4.79 Å². The van der Waals surface area contributed by atoms with E-state index in [2.05, 4.69) is 33.1 Å². The van der Waals surface area contributed by atoms with Crippen LogP contribution in [0.5, 0.6) is 0 Å². The van der Waals surface area contributed by atoms with Crippen LogP contribution in [-0.2, 0) is 55.1 Å². The van der Waals surface area contributed by atoms with E-state index in [1.54, 1.807) is 47.4 Å². The number of hydrogen-bond donors (Lipinski definition) is 7. The minimum absolute atomic E-state index is 0.0322. The van der Waals surface area contributed by atoms with Crippen LogP contribution in [0.25, 0.3) is 10.1 Å². The van der Waals surface area contributed by atoms with Crippen molar-refractivity contribution >= 4 is 88.3 Å². The fourth-order valence-corrected chi connectivity index (χ4v) is 13.0. The van der Waals surface area contributed by atoms with Crippen LogP contribution >= 0.6 is 18.9 Å². The van der Waals surface area contributed by atoms with Gasteiger partial charge in [-0.15, -0.1) is 11.3 Å². The van der Waals surface area contributed by atoms with Crippen LogP contribution in [0.4, 0.5) is 13.6 Å². The number of nitrogens with one attached hydrogen (secondary N) is 4. The summed E-state index contributed by atoms with van der Waals surface area (Å²) >= 11 is 0.840. The number of methoxy groups -OCH3 is 1. The molecule has 9 rings (SSSR count). The van der Waals surface area contributed by atoms with Crippen molar-refractivity contribution in [3.05, 3.63) is 105 Å². The van der Waals surface area contributed by atoms with Crippen LogP contribution in [0.2, 0.25) is 0 Å². The Morgan fingerprint density at radius 2 is 1.64 bits per heavy atom. The van der Waals surface area contributed by atoms with Gasteiger partial charge in [-0.1, -0.05) is 54.3 Å². The fourth-order valence-electron chi connectivity index (χ4n) is 11.5. The summed E-state index contributed by atoms with van der Waals surface area (Å²) in [5.74, 6) is 1.08. The van der Waals surface area contributed by atoms with Crippen molar-refractivity contribution in [1.29, 1.82) is 0 Å². The average Bonchev–Trinajstić information content (AvgIpc) is 4.30. The van der Waals surface area contributed by atoms with Gasteiger partial charge in [0, 0.05) is 72.9 Å². The Morgan fingerprint density at radius 1 is 0.905 bits per heavy atom. The maximum absolute atomic E-state index is 14.7. The highest BCUT2D eigenvalue weighted by atomic mass is 32.1. The average molecular weight is 1200 g/mol. The lowest BCUT2D eigenvalue weighted by Gasteiger charge is -2.38. The summed E-state index contributed by atoms with van der Waals surface area (Å²) in [7, 11) is -4.78. The summed E-state index contributed by atoms with van der Waals surface area (Å²) in [6, 6.07) is 11.0. The molecule has 444 valence electrons. The first-order valence-electron chi connectivity index (χ1n) is 27.4. The van der Waals surface area contributed by atoms with Gasteiger partial charge in [0.05, 0.1) is 18.5 Å². The normalized spacial score (nSPS) is 21.0. The quantitative estimate of drug-likeness (QED) is 0.0480. The molecule has 8 N–H and O–H groups in total. The standard InChI is InChI=1S/C57H62F2N9O14PS/c1-82-56(78)66-27-24-37-15-17-43(68(37)54(76)41(31-66)62-52(74)45-29-35-28-36(14-19-44(35)84-45)57(58,59)83(79,80)81)51(73)61-40(16-20-46(60)69)49(71)64-48(34-10-3-2-4-11-34)55(77)65-25-22-32(23-26-65)8-5-6-9-33-12-7-13-38-39(33)30-67(53(38)75)42-18-21-47(70)63-50(42)72/h2-4,7,10-14,19,28-29,32,37,40-43,48H,5,8,15-18,20-27,30-31H2,1H3,(H2,60,69)(H,61,73)(H,62,74)(H,64,71)(H,63,70,72)(H2,79,80,81)/t37-,40+,41+,42?,43+,48+/m1/s1. The van der Waals surface area contributed by atoms with Gasteiger partial charge < -0.3 is 55.8 Å². The molecule has 84 heavy (non-hydrogen) atoms. The smallest absolute Gasteiger partial charge is 0.409 e. The molecule has 0 saturated carbocycles. The lowest BCUT2D eigenvalue weighted by atomic mass is 9.91. The van der Waals surface area contributed by atoms with E-state index in [1.807, 2.05) is 6.07 Å². The van der Waals surface area contributed by atoms with Crippen molar-refractivity contribution in [1.82, 2.24) is 40.9 Å². The number of likely N-dealkylation sites (tertiary alicyclic amines) is 1. The molecule has 0 spiro atoms. The molecule has 27 heteroatoms. The Hall–Kier alpha value is -8.11. The largest absolute Gasteiger partial charge is 0.453 e. The lowest BCUT2D eigenvalue weighted by molar-refractivity contribution is -0.144. The SMILES string of the molecule is COC(=O)N1CC[C@H]2CC[C@@H](C(=O)N[C@@H](CCC(N)=O)C(=O)N[C@H](C(=O)N3CCC(CCC#Cc4cccc5c4CN(C4CCC(=O)NC4=O)C5=O)CC3)c3ccccc3)N2C(=O)[C@@H](NC(=O)c2cc3cc(C(F)(F)P(=O)(O)O)ccc3s2)C1. The highest BCUT2D eigenvalue weighted by Gasteiger charge is 2.51. The Bertz CT molecular complexity index is 3410. The third-order valence-electron chi connectivity index (χ3n) is 16.1. The zero-order valence-corrected chi connectivity index (χ0v) is 47.3. The molecular formula is C57H62F2N9O14PS. The molecule has 3 aromatic carbocycles. The number of nitrogens with zero attached hydrogens (tertiary/aromatic N) is 4. The van der Waals surface area contributed by atoms with Crippen molar-refractivity contribution in [2.45, 2.75) is 119 Å². The zero-order chi connectivity index (χ0) is 60.2. The number of benzene rings is 3. The number of hydrogen-bond acceptors (Lipinski definition) is 13. The van der Waals surface area contributed by atoms with Crippen LogP contribution in [0.1, 0.15) is 119 Å². The molecule has 0 aliphatic carbocycles. The molecule has 6 heterocycles. The van der Waals surface area contributed by atoms with Crippen molar-refractivity contribution in [2.24, 2.45) is 11.7 Å². The van der Waals surface area contributed by atoms with E-state index in [1.165, 1.54) is 26.8 Å². The minimum atomic E-state index is -5.91. The van der Waals surface area contributed by atoms with E-state index in [4.69, 9.17) is 10.5 Å². The van der Waals surface area contributed by atoms with Gasteiger partial charge in [0.15, 0.2) is 0 Å². The van der Waals surface area contributed by atoms with E-state index >= 15 is 0 Å². The molecule has 4 aromatic rings. The van der Waals surface area contributed by atoms with E-state index in [0.717, 1.165) is 42.6 Å². The Morgan fingerprint density at radius 3 is 2.35 bits per heavy atom. The number of halogens is 2. The minimum Gasteiger partial charge on any atom is -0.453 e. The molecular weight excluding hydrogens is 1140 g/mol. The molecule has 5 aliphatic rings. The Balaban J connectivity index is 0.849. The number of alkyl halides is 2. The summed E-state index contributed by atoms with van der Waals surface area (Å²) in [6.45, 7) is 0.546. The number of nitrogens with two attached hydrogens (primary N) is 1. The topological polar surface area (TPSA) is 325 Å². The van der Waals surface area contributed by atoms with Gasteiger partial charge in [0.2, 0.25) is 41.4 Å². The number of piperidine rings is 2. The molecule has 1 unspecified atom stereocenters. The molecule has 4 saturated heterocycles. The summed E-state index contributed by atoms with van der Waals surface area (Å²) < 4.78 is 46.1. The third-order valence-corrected chi connectivity index (χ3v) is 18.2. The maximum Gasteiger partial charge on any atom is 0.409 e. The number of amides is 10. The van der Waals surface area contributed by atoms with Crippen LogP contribution in [-0.4, -0.2) is 152 Å². The summed E-state index contributed by atoms with van der Waals surface area (Å²) in [6.07, 6.45) is 2.02. The zero-order valence-electron chi connectivity index (χ0n) is 45.6. The van der Waals surface area contributed by atoms with Crippen LogP contribution < -0.4 is 27.0 Å². The molecule has 6 atom stereocenters. The number of ether oxygens (including phenoxy) is 1. The summed E-state index contributed by atoms with van der Waals surface area (Å²) in [5, 5.41) is 10.5. The second-order valence-corrected chi connectivity index (χ2v) is 24.2. The molecule has 4 fully saturated rings. The Labute approximate surface area is 484 Å². The number of imide groups is 1. The second-order valence-electron chi connectivity index (χ2n) is 21.4. The van der Waals surface area contributed by atoms with Crippen molar-refractivity contribution in [2.75, 3.05) is 33.3 Å². The van der Waals surface area contributed by atoms with Gasteiger partial charge >= 0.3 is 19.4 Å². The molecule has 0 bridgehead atoms. The lowest BCUT2D eigenvalue weighted by Crippen LogP contribution is -2.62. The molecule has 1 aromatic heterocycles. The fraction of sp³-hybridized carbons (Fsp3) is 0.439. The first-order valence-corrected chi connectivity index (χ1v) is 29.9. The monoisotopic (exact) mass is 1200 g/mol. The van der Waals surface area contributed by atoms with Crippen LogP contribution in [0, 0.1) is 17.8 Å². The first kappa shape index (κ1) is 60.5. The van der Waals surface area contributed by atoms with Gasteiger partial charge in [-0.05, 0) is 104 Å². The van der Waals surface area contributed by atoms with E-state index in [9.17, 15) is 71.1 Å². The number of fused-ring (bicyclic) bond motifs is 3. The van der Waals surface area contributed by atoms with Crippen molar-refractivity contribution < 1.29 is 75.8 Å². The van der Waals surface area contributed by atoms with Gasteiger partial charge in [0.1, 0.15) is 30.2 Å². The second kappa shape index (κ2) is 25.4. The van der Waals surface area contributed by atoms with Gasteiger partial charge in [-0.3, -0.25) is 53.0 Å². The van der Waals surface area contributed by atoms with Crippen molar-refractivity contribution in [3.8, 4) is 11.8 Å². The number of carbonyl (C=O) groups is 10. The predicted octanol–water partition coefficient (Wildman–Crippen LogP) is 3.50. The number of carbonyl (C=O) groups excluding carboxylic acids is 10. The molecule has 23 nitrogen and oxygen atoms in total. The summed E-state index contributed by atoms with van der Waals surface area (Å²) in [4.78, 5) is 159. The van der Waals surface area contributed by atoms with Gasteiger partial charge in [0.25, 0.3) is 11.8 Å². The van der Waals surface area contributed by atoms with E-state index < -0.39 is 109 Å². The summed E-state index contributed by atoms with van der Waals surface area (Å²) in [5.41, 5.74) is 2.36. The van der Waals surface area contributed by atoms with E-state index in [0.29, 0.717) is 53.7 Å². The highest BCUT2D eigenvalue weighted by Crippen LogP contribution is 2.59. The van der Waals surface area contributed by atoms with Crippen molar-refractivity contribution in [3.63, 3.8) is 0 Å². The number of thiophene rings is 1. The Kier molecular flexibility index (Phi) is 18.3. The van der Waals surface area contributed by atoms with Crippen LogP contribution in [0.15, 0.2) is 72.8 Å². The number of rotatable bonds is 16.